The summed E-state index contributed by atoms with van der Waals surface area (Å²) in [5.74, 6) is 0. The molecule has 0 aromatic carbocycles. The van der Waals surface area contributed by atoms with Crippen LogP contribution < -0.4 is 29.6 Å². The van der Waals surface area contributed by atoms with Crippen molar-refractivity contribution in [2.24, 2.45) is 0 Å². The summed E-state index contributed by atoms with van der Waals surface area (Å²) in [6, 6.07) is 0. The van der Waals surface area contributed by atoms with Crippen molar-refractivity contribution in [1.29, 1.82) is 0 Å². The average Bonchev–Trinajstić information content (AvgIpc) is 1.69. The molecule has 44 valence electrons. The summed E-state index contributed by atoms with van der Waals surface area (Å²) in [6.45, 7) is 6.40. The Bertz CT molecular complexity index is 27.7. The second-order valence-corrected chi connectivity index (χ2v) is 1.67. The third-order valence-corrected chi connectivity index (χ3v) is 0.763. The Morgan fingerprint density at radius 1 is 1.00 bits per heavy atom. The van der Waals surface area contributed by atoms with Crippen LogP contribution in [0, 0.1) is 0 Å². The molecule has 0 saturated carbocycles. The van der Waals surface area contributed by atoms with Crippen LogP contribution in [0.15, 0.2) is 0 Å². The molecule has 0 unspecified atom stereocenters. The van der Waals surface area contributed by atoms with Crippen LogP contribution in [0.4, 0.5) is 0 Å². The van der Waals surface area contributed by atoms with E-state index in [2.05, 4.69) is 19.2 Å². The molecule has 0 amide bonds. The van der Waals surface area contributed by atoms with Crippen molar-refractivity contribution in [2.45, 2.75) is 26.7 Å². The monoisotopic (exact) mass is 123 g/mol. The molecule has 0 rings (SSSR count). The zero-order valence-electron chi connectivity index (χ0n) is 6.28. The van der Waals surface area contributed by atoms with E-state index < -0.39 is 0 Å². The van der Waals surface area contributed by atoms with E-state index in [1.54, 1.807) is 0 Å². The maximum absolute atomic E-state index is 4.21. The van der Waals surface area contributed by atoms with E-state index in [-0.39, 0.29) is 29.6 Å². The molecule has 0 aliphatic carbocycles. The van der Waals surface area contributed by atoms with Crippen LogP contribution in [0.2, 0.25) is 0 Å². The molecule has 0 aromatic rings. The molecule has 0 aliphatic heterocycles. The molecule has 0 aromatic heterocycles. The minimum absolute atomic E-state index is 0. The molecule has 0 saturated heterocycles. The molecule has 0 N–H and O–H groups in total. The molecule has 1 nitrogen and oxygen atoms in total. The van der Waals surface area contributed by atoms with Gasteiger partial charge in [0.15, 0.2) is 0 Å². The molecule has 0 aliphatic rings. The third kappa shape index (κ3) is 10.0. The zero-order chi connectivity index (χ0) is 5.54. The Hall–Kier alpha value is 0.960. The third-order valence-electron chi connectivity index (χ3n) is 0.763. The molecule has 8 heavy (non-hydrogen) atoms. The summed E-state index contributed by atoms with van der Waals surface area (Å²) in [5, 5.41) is 4.21. The minimum Gasteiger partial charge on any atom is -0.662 e. The Labute approximate surface area is 74.5 Å². The molecular weight excluding hydrogens is 109 g/mol. The van der Waals surface area contributed by atoms with E-state index >= 15 is 0 Å². The molecule has 0 heterocycles. The predicted octanol–water partition coefficient (Wildman–Crippen LogP) is -0.816. The molecule has 0 atom stereocenters. The van der Waals surface area contributed by atoms with Crippen molar-refractivity contribution < 1.29 is 29.6 Å². The van der Waals surface area contributed by atoms with E-state index in [1.807, 2.05) is 0 Å². The molecule has 0 fully saturated rings. The van der Waals surface area contributed by atoms with Gasteiger partial charge in [0.05, 0.1) is 0 Å². The molecule has 0 radical (unpaired) electrons. The summed E-state index contributed by atoms with van der Waals surface area (Å²) in [6.07, 6.45) is 2.39. The van der Waals surface area contributed by atoms with Crippen LogP contribution in [0.5, 0.6) is 0 Å². The van der Waals surface area contributed by atoms with Gasteiger partial charge in [0.1, 0.15) is 0 Å². The first-order valence-corrected chi connectivity index (χ1v) is 3.05. The number of nitrogens with zero attached hydrogens (tertiary/aromatic N) is 1. The van der Waals surface area contributed by atoms with Crippen molar-refractivity contribution in [3.8, 4) is 0 Å². The van der Waals surface area contributed by atoms with Crippen molar-refractivity contribution in [3.05, 3.63) is 5.32 Å². The van der Waals surface area contributed by atoms with Crippen LogP contribution in [0.25, 0.3) is 5.32 Å². The van der Waals surface area contributed by atoms with Gasteiger partial charge in [-0.2, -0.15) is 0 Å². The van der Waals surface area contributed by atoms with Gasteiger partial charge in [0, 0.05) is 0 Å². The maximum Gasteiger partial charge on any atom is 1.00 e. The van der Waals surface area contributed by atoms with E-state index in [9.17, 15) is 0 Å². The smallest absolute Gasteiger partial charge is 0.662 e. The SMILES string of the molecule is CCC[N-]CCC.[Na+]. The van der Waals surface area contributed by atoms with Crippen molar-refractivity contribution in [2.75, 3.05) is 13.1 Å². The summed E-state index contributed by atoms with van der Waals surface area (Å²) < 4.78 is 0. The van der Waals surface area contributed by atoms with Crippen LogP contribution in [-0.4, -0.2) is 13.1 Å². The van der Waals surface area contributed by atoms with Crippen molar-refractivity contribution in [1.82, 2.24) is 0 Å². The fourth-order valence-electron chi connectivity index (χ4n) is 0.428. The molecule has 0 spiro atoms. The average molecular weight is 123 g/mol. The normalized spacial score (nSPS) is 8.25. The van der Waals surface area contributed by atoms with Gasteiger partial charge in [-0.05, 0) is 0 Å². The van der Waals surface area contributed by atoms with Crippen molar-refractivity contribution >= 4 is 0 Å². The second kappa shape index (κ2) is 10.9. The van der Waals surface area contributed by atoms with Crippen LogP contribution >= 0.6 is 0 Å². The standard InChI is InChI=1S/C6H14N.Na/c1-3-5-7-6-4-2;/h3-6H2,1-2H3;/q-1;+1. The number of rotatable bonds is 4. The van der Waals surface area contributed by atoms with Gasteiger partial charge < -0.3 is 5.32 Å². The first-order chi connectivity index (χ1) is 3.41. The minimum atomic E-state index is 0. The first-order valence-electron chi connectivity index (χ1n) is 3.05. The summed E-state index contributed by atoms with van der Waals surface area (Å²) in [7, 11) is 0. The maximum atomic E-state index is 4.21. The fourth-order valence-corrected chi connectivity index (χ4v) is 0.428. The van der Waals surface area contributed by atoms with Gasteiger partial charge in [-0.1, -0.05) is 26.7 Å². The predicted molar refractivity (Wildman–Crippen MR) is 33.7 cm³/mol. The number of hydrogen-bond acceptors (Lipinski definition) is 0. The van der Waals surface area contributed by atoms with Crippen LogP contribution in [0.1, 0.15) is 26.7 Å². The Morgan fingerprint density at radius 3 is 1.62 bits per heavy atom. The Balaban J connectivity index is 0. The van der Waals surface area contributed by atoms with Crippen molar-refractivity contribution in [3.63, 3.8) is 0 Å². The van der Waals surface area contributed by atoms with Gasteiger partial charge >= 0.3 is 29.6 Å². The van der Waals surface area contributed by atoms with E-state index in [1.165, 1.54) is 12.8 Å². The van der Waals surface area contributed by atoms with Gasteiger partial charge in [0.25, 0.3) is 0 Å². The van der Waals surface area contributed by atoms with E-state index in [0.717, 1.165) is 13.1 Å². The summed E-state index contributed by atoms with van der Waals surface area (Å²) in [5.41, 5.74) is 0. The summed E-state index contributed by atoms with van der Waals surface area (Å²) in [4.78, 5) is 0. The fraction of sp³-hybridized carbons (Fsp3) is 1.00. The first kappa shape index (κ1) is 11.7. The topological polar surface area (TPSA) is 14.1 Å². The van der Waals surface area contributed by atoms with Crippen LogP contribution in [-0.2, 0) is 0 Å². The summed E-state index contributed by atoms with van der Waals surface area (Å²) >= 11 is 0. The Morgan fingerprint density at radius 2 is 1.38 bits per heavy atom. The van der Waals surface area contributed by atoms with Gasteiger partial charge in [-0.25, -0.2) is 0 Å². The Kier molecular flexibility index (Phi) is 15.9. The molecule has 2 heteroatoms. The number of hydrogen-bond donors (Lipinski definition) is 0. The van der Waals surface area contributed by atoms with E-state index in [4.69, 9.17) is 0 Å². The largest absolute Gasteiger partial charge is 1.00 e. The van der Waals surface area contributed by atoms with Gasteiger partial charge in [-0.15, -0.1) is 13.1 Å². The second-order valence-electron chi connectivity index (χ2n) is 1.67. The van der Waals surface area contributed by atoms with E-state index in [0.29, 0.717) is 0 Å². The molecular formula is C6H14NNa. The molecule has 0 bridgehead atoms. The van der Waals surface area contributed by atoms with Crippen LogP contribution in [0.3, 0.4) is 0 Å². The quantitative estimate of drug-likeness (QED) is 0.343. The zero-order valence-corrected chi connectivity index (χ0v) is 8.28. The van der Waals surface area contributed by atoms with Gasteiger partial charge in [-0.3, -0.25) is 0 Å². The van der Waals surface area contributed by atoms with Gasteiger partial charge in [0.2, 0.25) is 0 Å².